The number of allylic oxidation sites excluding steroid dienone is 4. The second-order valence-corrected chi connectivity index (χ2v) is 13.9. The number of hydrogen-bond donors (Lipinski definition) is 1. The van der Waals surface area contributed by atoms with Gasteiger partial charge in [-0.05, 0) is 77.6 Å². The molecular formula is C36H43O2P2Rh+. The van der Waals surface area contributed by atoms with Crippen molar-refractivity contribution in [3.05, 3.63) is 144 Å². The number of hydrogen-bond acceptors (Lipinski definition) is 2. The van der Waals surface area contributed by atoms with E-state index < -0.39 is 15.9 Å². The smallest absolute Gasteiger partial charge is 0.194 e. The van der Waals surface area contributed by atoms with Gasteiger partial charge in [-0.3, -0.25) is 0 Å². The van der Waals surface area contributed by atoms with E-state index in [2.05, 4.69) is 38.2 Å². The molecule has 0 bridgehead atoms. The van der Waals surface area contributed by atoms with Gasteiger partial charge in [-0.25, -0.2) is 4.89 Å². The second-order valence-electron chi connectivity index (χ2n) is 10.2. The molecule has 0 atom stereocenters. The van der Waals surface area contributed by atoms with Crippen LogP contribution in [0.1, 0.15) is 47.9 Å². The molecule has 0 saturated carbocycles. The minimum Gasteiger partial charge on any atom is -0.317 e. The summed E-state index contributed by atoms with van der Waals surface area (Å²) >= 11 is 0. The first-order chi connectivity index (χ1) is 19.3. The molecule has 4 aromatic rings. The summed E-state index contributed by atoms with van der Waals surface area (Å²) in [4.78, 5) is 10.3. The van der Waals surface area contributed by atoms with Crippen molar-refractivity contribution in [2.24, 2.45) is 0 Å². The monoisotopic (exact) mass is 672 g/mol. The molecule has 0 unspecified atom stereocenters. The third-order valence-electron chi connectivity index (χ3n) is 6.61. The predicted molar refractivity (Wildman–Crippen MR) is 180 cm³/mol. The molecule has 1 N–H and O–H groups in total. The van der Waals surface area contributed by atoms with Crippen molar-refractivity contribution in [2.75, 3.05) is 0 Å². The second kappa shape index (κ2) is 18.9. The zero-order valence-corrected chi connectivity index (χ0v) is 28.2. The quantitative estimate of drug-likeness (QED) is 0.136. The Bertz CT molecular complexity index is 1260. The third kappa shape index (κ3) is 12.6. The Morgan fingerprint density at radius 3 is 1.00 bits per heavy atom. The number of benzene rings is 4. The molecule has 0 heterocycles. The van der Waals surface area contributed by atoms with E-state index in [1.807, 2.05) is 111 Å². The van der Waals surface area contributed by atoms with Crippen LogP contribution < -0.4 is 21.2 Å². The van der Waals surface area contributed by atoms with Crippen LogP contribution in [0.25, 0.3) is 0 Å². The van der Waals surface area contributed by atoms with Crippen LogP contribution in [-0.2, 0) is 24.0 Å². The third-order valence-corrected chi connectivity index (χ3v) is 10.1. The van der Waals surface area contributed by atoms with E-state index in [-0.39, 0.29) is 19.5 Å². The Hall–Kier alpha value is -2.40. The fourth-order valence-electron chi connectivity index (χ4n) is 4.02. The standard InChI is InChI=1S/2C14H15OP.C8H12.Rh/c2*1-11-3-7-13(8-4-11)16(15)14-9-5-12(2)6-10-14;1-2-4-6-8-7-5-3-1;/h3-10,16H,1-2H3;3-10,15H,1-2H3;1-2,7-8H,3-6H2;/p+1/b;;2-1-,8-7-;. The van der Waals surface area contributed by atoms with Crippen molar-refractivity contribution in [1.29, 1.82) is 0 Å². The zero-order valence-electron chi connectivity index (χ0n) is 24.6. The zero-order chi connectivity index (χ0) is 28.7. The van der Waals surface area contributed by atoms with Gasteiger partial charge in [0.15, 0.2) is 8.15 Å². The van der Waals surface area contributed by atoms with Gasteiger partial charge in [0.1, 0.15) is 18.4 Å². The van der Waals surface area contributed by atoms with Gasteiger partial charge < -0.3 is 4.57 Å². The Morgan fingerprint density at radius 2 is 0.732 bits per heavy atom. The van der Waals surface area contributed by atoms with Crippen LogP contribution in [-0.4, -0.2) is 4.89 Å². The number of aryl methyl sites for hydroxylation is 4. The first-order valence-corrected chi connectivity index (χ1v) is 16.9. The summed E-state index contributed by atoms with van der Waals surface area (Å²) in [5, 5.41) is 3.94. The number of rotatable bonds is 4. The van der Waals surface area contributed by atoms with Crippen LogP contribution in [0, 0.1) is 27.7 Å². The van der Waals surface area contributed by atoms with Crippen LogP contribution in [0.4, 0.5) is 0 Å². The Kier molecular flexibility index (Phi) is 16.1. The predicted octanol–water partition coefficient (Wildman–Crippen LogP) is 7.86. The summed E-state index contributed by atoms with van der Waals surface area (Å²) in [6.45, 7) is 8.18. The molecule has 2 nitrogen and oxygen atoms in total. The Morgan fingerprint density at radius 1 is 0.488 bits per heavy atom. The summed E-state index contributed by atoms with van der Waals surface area (Å²) in [7, 11) is -3.41. The fraction of sp³-hybridized carbons (Fsp3) is 0.222. The maximum Gasteiger partial charge on any atom is 0.194 e. The Labute approximate surface area is 262 Å². The van der Waals surface area contributed by atoms with Gasteiger partial charge in [-0.1, -0.05) is 119 Å². The van der Waals surface area contributed by atoms with Gasteiger partial charge in [0.25, 0.3) is 0 Å². The summed E-state index contributed by atoms with van der Waals surface area (Å²) in [6, 6.07) is 32.1. The van der Waals surface area contributed by atoms with Crippen LogP contribution >= 0.6 is 15.9 Å². The van der Waals surface area contributed by atoms with Crippen LogP contribution in [0.15, 0.2) is 121 Å². The molecule has 0 aromatic heterocycles. The van der Waals surface area contributed by atoms with E-state index >= 15 is 0 Å². The molecule has 0 saturated heterocycles. The summed E-state index contributed by atoms with van der Waals surface area (Å²) in [5.74, 6) is 0. The molecule has 0 fully saturated rings. The first kappa shape index (κ1) is 34.8. The minimum absolute atomic E-state index is 0. The average molecular weight is 673 g/mol. The Balaban J connectivity index is 0.000000224. The SMILES string of the molecule is C1=C\CC/C=C\CC/1.Cc1ccc([PH+](O)c2ccc(C)cc2)cc1.Cc1ccc([PH](=O)c2ccc(C)cc2)cc1.[Rh]. The molecule has 1 aliphatic rings. The van der Waals surface area contributed by atoms with E-state index in [0.29, 0.717) is 0 Å². The summed E-state index contributed by atoms with van der Waals surface area (Å²) in [6.07, 6.45) is 14.0. The molecule has 5 rings (SSSR count). The molecule has 4 aromatic carbocycles. The largest absolute Gasteiger partial charge is 0.317 e. The molecule has 0 aliphatic heterocycles. The molecule has 41 heavy (non-hydrogen) atoms. The fourth-order valence-corrected chi connectivity index (χ4v) is 6.59. The van der Waals surface area contributed by atoms with E-state index in [0.717, 1.165) is 21.2 Å². The minimum atomic E-state index is -1.83. The van der Waals surface area contributed by atoms with Crippen molar-refractivity contribution < 1.29 is 28.9 Å². The van der Waals surface area contributed by atoms with Crippen LogP contribution in [0.3, 0.4) is 0 Å². The average Bonchev–Trinajstić information content (AvgIpc) is 2.94. The van der Waals surface area contributed by atoms with Crippen molar-refractivity contribution in [3.63, 3.8) is 0 Å². The van der Waals surface area contributed by atoms with Crippen molar-refractivity contribution in [3.8, 4) is 0 Å². The molecule has 0 spiro atoms. The van der Waals surface area contributed by atoms with Gasteiger partial charge in [-0.2, -0.15) is 0 Å². The van der Waals surface area contributed by atoms with Crippen molar-refractivity contribution in [2.45, 2.75) is 53.4 Å². The molecule has 217 valence electrons. The van der Waals surface area contributed by atoms with E-state index in [4.69, 9.17) is 0 Å². The normalized spacial score (nSPS) is 13.8. The van der Waals surface area contributed by atoms with Gasteiger partial charge >= 0.3 is 0 Å². The van der Waals surface area contributed by atoms with Gasteiger partial charge in [0.05, 0.1) is 0 Å². The maximum atomic E-state index is 12.3. The first-order valence-electron chi connectivity index (χ1n) is 14.0. The molecule has 1 radical (unpaired) electrons. The summed E-state index contributed by atoms with van der Waals surface area (Å²) in [5.41, 5.74) is 4.84. The van der Waals surface area contributed by atoms with Gasteiger partial charge in [0, 0.05) is 30.1 Å². The maximum absolute atomic E-state index is 12.3. The van der Waals surface area contributed by atoms with E-state index in [9.17, 15) is 9.46 Å². The molecular weight excluding hydrogens is 629 g/mol. The van der Waals surface area contributed by atoms with Gasteiger partial charge in [0.2, 0.25) is 0 Å². The van der Waals surface area contributed by atoms with Crippen molar-refractivity contribution in [1.82, 2.24) is 0 Å². The van der Waals surface area contributed by atoms with Crippen LogP contribution in [0.2, 0.25) is 0 Å². The molecule has 1 aliphatic carbocycles. The van der Waals surface area contributed by atoms with Crippen LogP contribution in [0.5, 0.6) is 0 Å². The topological polar surface area (TPSA) is 37.3 Å². The van der Waals surface area contributed by atoms with E-state index in [1.165, 1.54) is 47.9 Å². The van der Waals surface area contributed by atoms with E-state index in [1.54, 1.807) is 0 Å². The van der Waals surface area contributed by atoms with Gasteiger partial charge in [-0.15, -0.1) is 0 Å². The van der Waals surface area contributed by atoms with Crippen molar-refractivity contribution >= 4 is 37.2 Å². The summed E-state index contributed by atoms with van der Waals surface area (Å²) < 4.78 is 12.3. The molecule has 0 amide bonds. The molecule has 5 heteroatoms.